The Hall–Kier alpha value is -3.96. The van der Waals surface area contributed by atoms with Crippen molar-refractivity contribution in [2.24, 2.45) is 0 Å². The van der Waals surface area contributed by atoms with Crippen LogP contribution in [-0.2, 0) is 12.7 Å². The molecule has 2 aromatic heterocycles. The fourth-order valence-electron chi connectivity index (χ4n) is 4.88. The molecule has 0 aliphatic carbocycles. The number of alkyl halides is 3. The van der Waals surface area contributed by atoms with E-state index in [9.17, 15) is 18.0 Å². The third-order valence-corrected chi connectivity index (χ3v) is 6.76. The molecule has 2 saturated heterocycles. The summed E-state index contributed by atoms with van der Waals surface area (Å²) in [7, 11) is 0. The summed E-state index contributed by atoms with van der Waals surface area (Å²) >= 11 is 0. The van der Waals surface area contributed by atoms with E-state index in [0.717, 1.165) is 49.3 Å². The Morgan fingerprint density at radius 1 is 1.11 bits per heavy atom. The van der Waals surface area contributed by atoms with E-state index in [4.69, 9.17) is 4.74 Å². The molecule has 0 spiro atoms. The normalized spacial score (nSPS) is 20.9. The summed E-state index contributed by atoms with van der Waals surface area (Å²) in [6.45, 7) is 2.81. The number of carbonyl (C=O) groups excluding carboxylic acids is 1. The number of rotatable bonds is 5. The number of piperidine rings is 1. The third kappa shape index (κ3) is 4.87. The number of amides is 1. The molecule has 2 aromatic carbocycles. The van der Waals surface area contributed by atoms with Crippen LogP contribution in [0.15, 0.2) is 67.1 Å². The van der Waals surface area contributed by atoms with Gasteiger partial charge < -0.3 is 15.4 Å². The number of ether oxygens (including phenoxy) is 1. The zero-order chi connectivity index (χ0) is 25.6. The van der Waals surface area contributed by atoms with Crippen molar-refractivity contribution < 1.29 is 22.7 Å². The summed E-state index contributed by atoms with van der Waals surface area (Å²) in [5, 5.41) is 6.66. The molecule has 2 unspecified atom stereocenters. The Morgan fingerprint density at radius 2 is 2.00 bits per heavy atom. The molecular weight excluding hydrogens is 485 g/mol. The van der Waals surface area contributed by atoms with Crippen molar-refractivity contribution in [1.82, 2.24) is 24.8 Å². The smallest absolute Gasteiger partial charge is 0.416 e. The number of benzene rings is 2. The Bertz CT molecular complexity index is 1460. The zero-order valence-corrected chi connectivity index (χ0v) is 19.6. The molecule has 4 heterocycles. The van der Waals surface area contributed by atoms with Crippen LogP contribution < -0.4 is 15.4 Å². The first-order valence-corrected chi connectivity index (χ1v) is 11.9. The van der Waals surface area contributed by atoms with Crippen molar-refractivity contribution >= 4 is 22.6 Å². The van der Waals surface area contributed by atoms with Gasteiger partial charge in [-0.1, -0.05) is 6.07 Å². The van der Waals surface area contributed by atoms with Gasteiger partial charge in [0.05, 0.1) is 16.8 Å². The van der Waals surface area contributed by atoms with Gasteiger partial charge in [0, 0.05) is 48.5 Å². The number of halogens is 3. The summed E-state index contributed by atoms with van der Waals surface area (Å²) in [6.07, 6.45) is -0.300. The van der Waals surface area contributed by atoms with Crippen LogP contribution in [0.3, 0.4) is 0 Å². The summed E-state index contributed by atoms with van der Waals surface area (Å²) in [5.74, 6) is 0.965. The van der Waals surface area contributed by atoms with Gasteiger partial charge in [-0.15, -0.1) is 0 Å². The molecule has 4 aromatic rings. The van der Waals surface area contributed by atoms with Gasteiger partial charge in [0.15, 0.2) is 0 Å². The Kier molecular flexibility index (Phi) is 5.81. The topological polar surface area (TPSA) is 84.1 Å². The molecule has 11 heteroatoms. The number of fused-ring (bicyclic) bond motifs is 2. The van der Waals surface area contributed by atoms with E-state index in [1.54, 1.807) is 30.5 Å². The summed E-state index contributed by atoms with van der Waals surface area (Å²) in [5.41, 5.74) is 0.692. The van der Waals surface area contributed by atoms with Crippen LogP contribution in [0.1, 0.15) is 17.7 Å². The second-order valence-electron chi connectivity index (χ2n) is 9.16. The lowest BCUT2D eigenvalue weighted by atomic mass is 10.2. The Balaban J connectivity index is 1.14. The van der Waals surface area contributed by atoms with Gasteiger partial charge in [0.25, 0.3) is 0 Å². The average Bonchev–Trinajstić information content (AvgIpc) is 3.39. The highest BCUT2D eigenvalue weighted by atomic mass is 19.4. The van der Waals surface area contributed by atoms with Gasteiger partial charge in [-0.3, -0.25) is 9.47 Å². The minimum atomic E-state index is -4.49. The van der Waals surface area contributed by atoms with E-state index >= 15 is 0 Å². The van der Waals surface area contributed by atoms with E-state index in [0.29, 0.717) is 29.2 Å². The molecule has 1 amide bonds. The van der Waals surface area contributed by atoms with E-state index in [-0.39, 0.29) is 5.69 Å². The number of anilines is 1. The molecule has 0 radical (unpaired) electrons. The van der Waals surface area contributed by atoms with Crippen LogP contribution in [0.5, 0.6) is 11.6 Å². The molecular formula is C26H23F3N6O2. The molecule has 2 aliphatic rings. The van der Waals surface area contributed by atoms with Crippen LogP contribution >= 0.6 is 0 Å². The molecule has 2 aliphatic heterocycles. The summed E-state index contributed by atoms with van der Waals surface area (Å²) in [6, 6.07) is 13.9. The van der Waals surface area contributed by atoms with E-state index in [1.807, 2.05) is 6.07 Å². The number of carbonyl (C=O) groups is 1. The lowest BCUT2D eigenvalue weighted by Gasteiger charge is -2.11. The van der Waals surface area contributed by atoms with Crippen LogP contribution in [0, 0.1) is 0 Å². The quantitative estimate of drug-likeness (QED) is 0.375. The molecule has 8 nitrogen and oxygen atoms in total. The first-order chi connectivity index (χ1) is 17.8. The molecule has 2 fully saturated rings. The maximum atomic E-state index is 13.0. The van der Waals surface area contributed by atoms with Crippen LogP contribution in [0.25, 0.3) is 10.9 Å². The first kappa shape index (κ1) is 23.4. The van der Waals surface area contributed by atoms with Crippen LogP contribution in [0.4, 0.5) is 23.7 Å². The highest BCUT2D eigenvalue weighted by Gasteiger charge is 2.48. The standard InChI is InChI=1S/C26H23F3N6O2/c27-26(28,29)17-2-1-3-18(11-17)33-25(36)34-9-7-16-10-20(4-5-21(16)34)37-24-12-19(31-15-32-24)14-35-22-6-8-30-13-23(22)35/h1-5,7,9-12,15,22-23,30H,6,8,13-14H2,(H,33,36)/t22?,23-,35?/m1/s1. The highest BCUT2D eigenvalue weighted by molar-refractivity contribution is 5.98. The fraction of sp³-hybridized carbons (Fsp3) is 0.269. The molecule has 37 heavy (non-hydrogen) atoms. The molecule has 0 bridgehead atoms. The number of hydrogen-bond acceptors (Lipinski definition) is 6. The lowest BCUT2D eigenvalue weighted by Crippen LogP contribution is -2.28. The average molecular weight is 509 g/mol. The van der Waals surface area contributed by atoms with E-state index in [2.05, 4.69) is 25.5 Å². The number of nitrogens with one attached hydrogen (secondary N) is 2. The molecule has 2 N–H and O–H groups in total. The van der Waals surface area contributed by atoms with Crippen molar-refractivity contribution in [2.45, 2.75) is 31.2 Å². The van der Waals surface area contributed by atoms with Gasteiger partial charge in [0.1, 0.15) is 12.1 Å². The predicted molar refractivity (Wildman–Crippen MR) is 131 cm³/mol. The molecule has 0 saturated carbocycles. The monoisotopic (exact) mass is 508 g/mol. The molecule has 3 atom stereocenters. The minimum absolute atomic E-state index is 0.0548. The van der Waals surface area contributed by atoms with Gasteiger partial charge in [-0.25, -0.2) is 14.8 Å². The lowest BCUT2D eigenvalue weighted by molar-refractivity contribution is -0.137. The minimum Gasteiger partial charge on any atom is -0.439 e. The number of nitrogens with zero attached hydrogens (tertiary/aromatic N) is 4. The second kappa shape index (κ2) is 9.16. The Morgan fingerprint density at radius 3 is 2.81 bits per heavy atom. The summed E-state index contributed by atoms with van der Waals surface area (Å²) in [4.78, 5) is 23.8. The van der Waals surface area contributed by atoms with Crippen molar-refractivity contribution in [2.75, 3.05) is 18.4 Å². The first-order valence-electron chi connectivity index (χ1n) is 11.9. The zero-order valence-electron chi connectivity index (χ0n) is 19.6. The van der Waals surface area contributed by atoms with Gasteiger partial charge in [-0.05, 0) is 55.4 Å². The van der Waals surface area contributed by atoms with Gasteiger partial charge in [-0.2, -0.15) is 13.2 Å². The number of hydrogen-bond donors (Lipinski definition) is 2. The SMILES string of the molecule is O=C(Nc1cccc(C(F)(F)F)c1)n1ccc2cc(Oc3cc(CN4C5CCNC[C@H]54)ncn3)ccc21. The van der Waals surface area contributed by atoms with Crippen LogP contribution in [-0.4, -0.2) is 50.6 Å². The van der Waals surface area contributed by atoms with Crippen molar-refractivity contribution in [1.29, 1.82) is 0 Å². The van der Waals surface area contributed by atoms with Crippen molar-refractivity contribution in [3.8, 4) is 11.6 Å². The van der Waals surface area contributed by atoms with Crippen molar-refractivity contribution in [3.63, 3.8) is 0 Å². The van der Waals surface area contributed by atoms with Crippen molar-refractivity contribution in [3.05, 3.63) is 78.4 Å². The second-order valence-corrected chi connectivity index (χ2v) is 9.16. The fourth-order valence-corrected chi connectivity index (χ4v) is 4.88. The highest BCUT2D eigenvalue weighted by Crippen LogP contribution is 2.35. The molecule has 190 valence electrons. The Labute approximate surface area is 210 Å². The largest absolute Gasteiger partial charge is 0.439 e. The molecule has 6 rings (SSSR count). The predicted octanol–water partition coefficient (Wildman–Crippen LogP) is 4.87. The maximum absolute atomic E-state index is 13.0. The van der Waals surface area contributed by atoms with Gasteiger partial charge in [0.2, 0.25) is 5.88 Å². The van der Waals surface area contributed by atoms with E-state index < -0.39 is 17.8 Å². The maximum Gasteiger partial charge on any atom is 0.416 e. The summed E-state index contributed by atoms with van der Waals surface area (Å²) < 4.78 is 46.2. The van der Waals surface area contributed by atoms with E-state index in [1.165, 1.54) is 23.0 Å². The van der Waals surface area contributed by atoms with Gasteiger partial charge >= 0.3 is 12.2 Å². The third-order valence-electron chi connectivity index (χ3n) is 6.76. The van der Waals surface area contributed by atoms with Crippen LogP contribution in [0.2, 0.25) is 0 Å². The number of aromatic nitrogens is 3.